The Hall–Kier alpha value is -0.120. The highest BCUT2D eigenvalue weighted by Crippen LogP contribution is 2.08. The van der Waals surface area contributed by atoms with Crippen molar-refractivity contribution in [1.29, 1.82) is 0 Å². The average molecular weight is 258 g/mol. The van der Waals surface area contributed by atoms with Crippen LogP contribution in [0.15, 0.2) is 0 Å². The molecule has 0 spiro atoms. The van der Waals surface area contributed by atoms with E-state index in [1.165, 1.54) is 0 Å². The standard InChI is InChI=1S/C15H33N3/c1-13(2)16-7-9-17(14(3)4)11-12-18(10-8-16)15(5)6/h13-15H,7-12H2,1-6H3/i13D,14D,15D. The van der Waals surface area contributed by atoms with Gasteiger partial charge in [0.25, 0.3) is 0 Å². The van der Waals surface area contributed by atoms with Crippen LogP contribution in [0.3, 0.4) is 0 Å². The molecule has 0 atom stereocenters. The zero-order chi connectivity index (χ0) is 16.5. The first-order valence-electron chi connectivity index (χ1n) is 8.57. The van der Waals surface area contributed by atoms with Crippen molar-refractivity contribution in [3.05, 3.63) is 0 Å². The Labute approximate surface area is 118 Å². The summed E-state index contributed by atoms with van der Waals surface area (Å²) in [4.78, 5) is 6.45. The molecule has 0 bridgehead atoms. The molecule has 108 valence electrons. The minimum Gasteiger partial charge on any atom is -0.298 e. The first kappa shape index (κ1) is 11.7. The molecule has 0 N–H and O–H groups in total. The van der Waals surface area contributed by atoms with Crippen LogP contribution in [-0.2, 0) is 0 Å². The molecule has 1 heterocycles. The van der Waals surface area contributed by atoms with Crippen molar-refractivity contribution >= 4 is 0 Å². The van der Waals surface area contributed by atoms with Gasteiger partial charge in [-0.1, -0.05) is 0 Å². The molecule has 18 heavy (non-hydrogen) atoms. The molecule has 0 aromatic carbocycles. The van der Waals surface area contributed by atoms with Crippen molar-refractivity contribution in [2.45, 2.75) is 59.6 Å². The minimum absolute atomic E-state index is 0.625. The molecule has 0 aromatic heterocycles. The fourth-order valence-electron chi connectivity index (χ4n) is 2.40. The second-order valence-electron chi connectivity index (χ2n) is 5.80. The van der Waals surface area contributed by atoms with Gasteiger partial charge in [-0.05, 0) is 41.5 Å². The molecule has 1 saturated heterocycles. The van der Waals surface area contributed by atoms with Crippen LogP contribution >= 0.6 is 0 Å². The van der Waals surface area contributed by atoms with E-state index in [1.807, 2.05) is 41.5 Å². The van der Waals surface area contributed by atoms with Crippen molar-refractivity contribution in [3.8, 4) is 0 Å². The monoisotopic (exact) mass is 258 g/mol. The molecule has 1 rings (SSSR count). The lowest BCUT2D eigenvalue weighted by atomic mass is 10.3. The molecule has 3 nitrogen and oxygen atoms in total. The van der Waals surface area contributed by atoms with Crippen LogP contribution in [0.25, 0.3) is 0 Å². The summed E-state index contributed by atoms with van der Waals surface area (Å²) in [5.41, 5.74) is 0. The summed E-state index contributed by atoms with van der Waals surface area (Å²) >= 11 is 0. The Kier molecular flexibility index (Phi) is 4.85. The van der Waals surface area contributed by atoms with Gasteiger partial charge in [0, 0.05) is 61.4 Å². The highest BCUT2D eigenvalue weighted by Gasteiger charge is 2.20. The lowest BCUT2D eigenvalue weighted by Crippen LogP contribution is -2.41. The SMILES string of the molecule is [2H]C(C)(C)N1CCN(C([2H])(C)C)CCN(C([2H])(C)C)CC1. The number of hydrogen-bond acceptors (Lipinski definition) is 3. The summed E-state index contributed by atoms with van der Waals surface area (Å²) in [5.74, 6) is 0. The molecule has 0 radical (unpaired) electrons. The van der Waals surface area contributed by atoms with E-state index < -0.39 is 18.1 Å². The van der Waals surface area contributed by atoms with E-state index >= 15 is 0 Å². The summed E-state index contributed by atoms with van der Waals surface area (Å²) in [6, 6.07) is -1.87. The zero-order valence-electron chi connectivity index (χ0n) is 16.1. The Bertz CT molecular complexity index is 264. The first-order valence-corrected chi connectivity index (χ1v) is 7.07. The molecule has 0 aromatic rings. The molecule has 0 saturated carbocycles. The van der Waals surface area contributed by atoms with Crippen LogP contribution in [0, 0.1) is 0 Å². The fourth-order valence-corrected chi connectivity index (χ4v) is 2.40. The summed E-state index contributed by atoms with van der Waals surface area (Å²) in [6.07, 6.45) is 0. The molecule has 0 aliphatic carbocycles. The van der Waals surface area contributed by atoms with Gasteiger partial charge in [-0.3, -0.25) is 14.7 Å². The van der Waals surface area contributed by atoms with E-state index in [0.717, 1.165) is 39.3 Å². The third-order valence-electron chi connectivity index (χ3n) is 3.82. The Balaban J connectivity index is 2.93. The van der Waals surface area contributed by atoms with Gasteiger partial charge in [0.1, 0.15) is 0 Å². The normalized spacial score (nSPS) is 26.7. The molecule has 0 amide bonds. The topological polar surface area (TPSA) is 9.72 Å². The molecular formula is C15H33N3. The molecule has 1 aliphatic rings. The second kappa shape index (κ2) is 7.46. The Morgan fingerprint density at radius 1 is 0.556 bits per heavy atom. The van der Waals surface area contributed by atoms with E-state index in [2.05, 4.69) is 14.7 Å². The van der Waals surface area contributed by atoms with Gasteiger partial charge in [-0.25, -0.2) is 0 Å². The van der Waals surface area contributed by atoms with Crippen LogP contribution in [0.2, 0.25) is 0 Å². The highest BCUT2D eigenvalue weighted by atomic mass is 15.3. The van der Waals surface area contributed by atoms with Gasteiger partial charge in [-0.15, -0.1) is 0 Å². The maximum absolute atomic E-state index is 8.31. The van der Waals surface area contributed by atoms with E-state index in [0.29, 0.717) is 0 Å². The van der Waals surface area contributed by atoms with E-state index in [4.69, 9.17) is 4.11 Å². The van der Waals surface area contributed by atoms with Gasteiger partial charge in [0.15, 0.2) is 0 Å². The van der Waals surface area contributed by atoms with Gasteiger partial charge in [-0.2, -0.15) is 0 Å². The van der Waals surface area contributed by atoms with Gasteiger partial charge in [0.2, 0.25) is 0 Å². The van der Waals surface area contributed by atoms with Crippen molar-refractivity contribution in [3.63, 3.8) is 0 Å². The lowest BCUT2D eigenvalue weighted by molar-refractivity contribution is 0.169. The molecule has 1 aliphatic heterocycles. The van der Waals surface area contributed by atoms with Crippen LogP contribution in [0.1, 0.15) is 45.7 Å². The fraction of sp³-hybridized carbons (Fsp3) is 1.00. The zero-order valence-corrected chi connectivity index (χ0v) is 13.1. The van der Waals surface area contributed by atoms with E-state index in [9.17, 15) is 0 Å². The summed E-state index contributed by atoms with van der Waals surface area (Å²) in [7, 11) is 0. The summed E-state index contributed by atoms with van der Waals surface area (Å²) in [5, 5.41) is 0. The van der Waals surface area contributed by atoms with Crippen molar-refractivity contribution in [1.82, 2.24) is 14.7 Å². The van der Waals surface area contributed by atoms with Crippen LogP contribution in [0.5, 0.6) is 0 Å². The molecule has 0 unspecified atom stereocenters. The molecule has 1 fully saturated rings. The number of rotatable bonds is 3. The van der Waals surface area contributed by atoms with Gasteiger partial charge < -0.3 is 0 Å². The van der Waals surface area contributed by atoms with E-state index in [1.54, 1.807) is 0 Å². The number of nitrogens with zero attached hydrogens (tertiary/aromatic N) is 3. The van der Waals surface area contributed by atoms with Crippen LogP contribution in [-0.4, -0.2) is 72.0 Å². The maximum Gasteiger partial charge on any atom is 0.0461 e. The van der Waals surface area contributed by atoms with E-state index in [-0.39, 0.29) is 0 Å². The molecular weight excluding hydrogens is 222 g/mol. The smallest absolute Gasteiger partial charge is 0.0461 e. The molecule has 3 heteroatoms. The first-order chi connectivity index (χ1) is 9.32. The quantitative estimate of drug-likeness (QED) is 0.768. The third-order valence-corrected chi connectivity index (χ3v) is 3.82. The highest BCUT2D eigenvalue weighted by molar-refractivity contribution is 4.76. The van der Waals surface area contributed by atoms with Gasteiger partial charge >= 0.3 is 0 Å². The number of hydrogen-bond donors (Lipinski definition) is 0. The van der Waals surface area contributed by atoms with Crippen molar-refractivity contribution in [2.75, 3.05) is 39.3 Å². The predicted octanol–water partition coefficient (Wildman–Crippen LogP) is 2.13. The van der Waals surface area contributed by atoms with Crippen molar-refractivity contribution in [2.24, 2.45) is 0 Å². The summed E-state index contributed by atoms with van der Waals surface area (Å²) in [6.45, 7) is 16.3. The van der Waals surface area contributed by atoms with Crippen molar-refractivity contribution < 1.29 is 4.11 Å². The average Bonchev–Trinajstić information content (AvgIpc) is 2.34. The predicted molar refractivity (Wildman–Crippen MR) is 80.1 cm³/mol. The van der Waals surface area contributed by atoms with Gasteiger partial charge in [0.05, 0.1) is 0 Å². The van der Waals surface area contributed by atoms with Crippen LogP contribution < -0.4 is 0 Å². The second-order valence-corrected chi connectivity index (χ2v) is 5.80. The summed E-state index contributed by atoms with van der Waals surface area (Å²) < 4.78 is 24.9. The largest absolute Gasteiger partial charge is 0.298 e. The Morgan fingerprint density at radius 3 is 0.833 bits per heavy atom. The lowest BCUT2D eigenvalue weighted by Gasteiger charge is -2.30. The van der Waals surface area contributed by atoms with Crippen LogP contribution in [0.4, 0.5) is 0 Å². The third kappa shape index (κ3) is 4.87. The minimum atomic E-state index is -0.625. The maximum atomic E-state index is 8.31. The Morgan fingerprint density at radius 2 is 0.722 bits per heavy atom.